The van der Waals surface area contributed by atoms with Gasteiger partial charge in [0.25, 0.3) is 5.91 Å². The molecule has 1 aromatic carbocycles. The molecule has 0 atom stereocenters. The second-order valence-electron chi connectivity index (χ2n) is 5.98. The van der Waals surface area contributed by atoms with Gasteiger partial charge in [-0.2, -0.15) is 5.10 Å². The zero-order valence-corrected chi connectivity index (χ0v) is 14.3. The summed E-state index contributed by atoms with van der Waals surface area (Å²) >= 11 is 0. The van der Waals surface area contributed by atoms with Crippen LogP contribution in [0.15, 0.2) is 67.3 Å². The predicted octanol–water partition coefficient (Wildman–Crippen LogP) is 2.96. The summed E-state index contributed by atoms with van der Waals surface area (Å²) in [5.41, 5.74) is 3.08. The molecule has 1 N–H and O–H groups in total. The van der Waals surface area contributed by atoms with Gasteiger partial charge in [0, 0.05) is 43.1 Å². The highest BCUT2D eigenvalue weighted by Gasteiger charge is 2.13. The molecule has 4 rings (SSSR count). The van der Waals surface area contributed by atoms with Crippen LogP contribution in [0.25, 0.3) is 22.0 Å². The van der Waals surface area contributed by atoms with Crippen LogP contribution in [0.4, 0.5) is 0 Å². The molecule has 0 fully saturated rings. The van der Waals surface area contributed by atoms with Crippen molar-refractivity contribution in [2.75, 3.05) is 0 Å². The van der Waals surface area contributed by atoms with Gasteiger partial charge in [0.1, 0.15) is 5.69 Å². The maximum atomic E-state index is 12.7. The van der Waals surface area contributed by atoms with Crippen molar-refractivity contribution in [2.45, 2.75) is 6.54 Å². The van der Waals surface area contributed by atoms with Gasteiger partial charge >= 0.3 is 0 Å². The van der Waals surface area contributed by atoms with Gasteiger partial charge in [-0.15, -0.1) is 0 Å². The number of nitrogens with one attached hydrogen (secondary N) is 1. The fraction of sp³-hybridized carbons (Fsp3) is 0.100. The molecule has 3 heterocycles. The summed E-state index contributed by atoms with van der Waals surface area (Å²) in [4.78, 5) is 21.4. The number of fused-ring (bicyclic) bond motifs is 1. The Hall–Kier alpha value is -3.54. The maximum Gasteiger partial charge on any atom is 0.270 e. The van der Waals surface area contributed by atoms with Crippen LogP contribution >= 0.6 is 0 Å². The van der Waals surface area contributed by atoms with Crippen LogP contribution in [0.3, 0.4) is 0 Å². The van der Waals surface area contributed by atoms with Crippen molar-refractivity contribution in [3.8, 4) is 11.3 Å². The van der Waals surface area contributed by atoms with E-state index in [4.69, 9.17) is 0 Å². The Kier molecular flexibility index (Phi) is 4.15. The van der Waals surface area contributed by atoms with E-state index in [1.807, 2.05) is 55.7 Å². The average molecular weight is 343 g/mol. The first-order valence-corrected chi connectivity index (χ1v) is 8.27. The molecule has 0 unspecified atom stereocenters. The van der Waals surface area contributed by atoms with Gasteiger partial charge in [-0.05, 0) is 23.1 Å². The van der Waals surface area contributed by atoms with Gasteiger partial charge in [0.15, 0.2) is 0 Å². The summed E-state index contributed by atoms with van der Waals surface area (Å²) in [6, 6.07) is 13.4. The van der Waals surface area contributed by atoms with E-state index in [9.17, 15) is 4.79 Å². The van der Waals surface area contributed by atoms with Crippen LogP contribution in [0.5, 0.6) is 0 Å². The minimum Gasteiger partial charge on any atom is -0.347 e. The topological polar surface area (TPSA) is 72.7 Å². The molecule has 3 aromatic heterocycles. The molecule has 6 nitrogen and oxygen atoms in total. The molecule has 1 amide bonds. The lowest BCUT2D eigenvalue weighted by molar-refractivity contribution is 0.0948. The zero-order valence-electron chi connectivity index (χ0n) is 14.3. The Balaban J connectivity index is 1.59. The Morgan fingerprint density at radius 3 is 2.81 bits per heavy atom. The molecule has 0 aliphatic carbocycles. The third-order valence-electron chi connectivity index (χ3n) is 4.20. The van der Waals surface area contributed by atoms with Crippen LogP contribution in [-0.2, 0) is 13.6 Å². The van der Waals surface area contributed by atoms with E-state index in [0.29, 0.717) is 12.2 Å². The quantitative estimate of drug-likeness (QED) is 0.618. The van der Waals surface area contributed by atoms with Gasteiger partial charge < -0.3 is 5.32 Å². The van der Waals surface area contributed by atoms with Gasteiger partial charge in [0.2, 0.25) is 0 Å². The second-order valence-corrected chi connectivity index (χ2v) is 5.98. The molecule has 0 saturated carbocycles. The van der Waals surface area contributed by atoms with Crippen molar-refractivity contribution in [2.24, 2.45) is 7.05 Å². The number of aromatic nitrogens is 4. The van der Waals surface area contributed by atoms with E-state index in [1.165, 1.54) is 0 Å². The summed E-state index contributed by atoms with van der Waals surface area (Å²) in [7, 11) is 1.86. The minimum atomic E-state index is -0.206. The molecule has 0 saturated heterocycles. The molecule has 128 valence electrons. The Labute approximate surface area is 150 Å². The van der Waals surface area contributed by atoms with Crippen LogP contribution in [0.2, 0.25) is 0 Å². The number of aryl methyl sites for hydroxylation is 1. The Morgan fingerprint density at radius 1 is 1.08 bits per heavy atom. The Bertz CT molecular complexity index is 1080. The highest BCUT2D eigenvalue weighted by molar-refractivity contribution is 6.05. The van der Waals surface area contributed by atoms with Crippen molar-refractivity contribution in [1.29, 1.82) is 0 Å². The first-order chi connectivity index (χ1) is 12.7. The molecule has 6 heteroatoms. The third kappa shape index (κ3) is 3.04. The first kappa shape index (κ1) is 16.0. The van der Waals surface area contributed by atoms with E-state index in [2.05, 4.69) is 20.4 Å². The van der Waals surface area contributed by atoms with Crippen molar-refractivity contribution < 1.29 is 4.79 Å². The zero-order chi connectivity index (χ0) is 17.9. The molecular weight excluding hydrogens is 326 g/mol. The van der Waals surface area contributed by atoms with E-state index < -0.39 is 0 Å². The molecular formula is C20H17N5O. The fourth-order valence-corrected chi connectivity index (χ4v) is 2.94. The SMILES string of the molecule is Cn1cc(-c2ncccc2CNC(=O)c2nccc3ccccc23)cn1. The number of carbonyl (C=O) groups excluding carboxylic acids is 1. The highest BCUT2D eigenvalue weighted by Crippen LogP contribution is 2.21. The largest absolute Gasteiger partial charge is 0.347 e. The van der Waals surface area contributed by atoms with Crippen LogP contribution in [0.1, 0.15) is 16.1 Å². The number of nitrogens with zero attached hydrogens (tertiary/aromatic N) is 4. The van der Waals surface area contributed by atoms with Crippen LogP contribution < -0.4 is 5.32 Å². The second kappa shape index (κ2) is 6.76. The normalized spacial score (nSPS) is 10.8. The number of carbonyl (C=O) groups is 1. The van der Waals surface area contributed by atoms with Gasteiger partial charge in [0.05, 0.1) is 11.9 Å². The van der Waals surface area contributed by atoms with Crippen molar-refractivity contribution in [3.05, 3.63) is 78.5 Å². The van der Waals surface area contributed by atoms with Gasteiger partial charge in [-0.3, -0.25) is 19.4 Å². The van der Waals surface area contributed by atoms with Gasteiger partial charge in [-0.25, -0.2) is 0 Å². The molecule has 0 radical (unpaired) electrons. The molecule has 0 aliphatic heterocycles. The van der Waals surface area contributed by atoms with E-state index in [1.54, 1.807) is 23.3 Å². The van der Waals surface area contributed by atoms with E-state index in [-0.39, 0.29) is 5.91 Å². The number of pyridine rings is 2. The summed E-state index contributed by atoms with van der Waals surface area (Å²) in [6.45, 7) is 0.363. The van der Waals surface area contributed by atoms with Crippen molar-refractivity contribution in [3.63, 3.8) is 0 Å². The molecule has 0 spiro atoms. The lowest BCUT2D eigenvalue weighted by Gasteiger charge is -2.10. The Morgan fingerprint density at radius 2 is 1.96 bits per heavy atom. The summed E-state index contributed by atoms with van der Waals surface area (Å²) in [5, 5.41) is 8.98. The standard InChI is InChI=1S/C20H17N5O/c1-25-13-16(12-24-25)18-15(6-4-9-21-18)11-23-20(26)19-17-7-3-2-5-14(17)8-10-22-19/h2-10,12-13H,11H2,1H3,(H,23,26). The summed E-state index contributed by atoms with van der Waals surface area (Å²) in [5.74, 6) is -0.206. The first-order valence-electron chi connectivity index (χ1n) is 8.27. The average Bonchev–Trinajstić information content (AvgIpc) is 3.12. The maximum absolute atomic E-state index is 12.7. The lowest BCUT2D eigenvalue weighted by Crippen LogP contribution is -2.24. The molecule has 0 bridgehead atoms. The monoisotopic (exact) mass is 343 g/mol. The molecule has 4 aromatic rings. The number of hydrogen-bond donors (Lipinski definition) is 1. The summed E-state index contributed by atoms with van der Waals surface area (Å²) in [6.07, 6.45) is 7.06. The number of hydrogen-bond acceptors (Lipinski definition) is 4. The summed E-state index contributed by atoms with van der Waals surface area (Å²) < 4.78 is 1.73. The van der Waals surface area contributed by atoms with Crippen LogP contribution in [-0.4, -0.2) is 25.7 Å². The van der Waals surface area contributed by atoms with Crippen molar-refractivity contribution in [1.82, 2.24) is 25.1 Å². The van der Waals surface area contributed by atoms with Gasteiger partial charge in [-0.1, -0.05) is 30.3 Å². The molecule has 0 aliphatic rings. The number of amides is 1. The smallest absolute Gasteiger partial charge is 0.270 e. The van der Waals surface area contributed by atoms with E-state index in [0.717, 1.165) is 27.6 Å². The third-order valence-corrected chi connectivity index (χ3v) is 4.20. The fourth-order valence-electron chi connectivity index (χ4n) is 2.94. The molecule has 26 heavy (non-hydrogen) atoms. The van der Waals surface area contributed by atoms with Crippen molar-refractivity contribution >= 4 is 16.7 Å². The van der Waals surface area contributed by atoms with E-state index >= 15 is 0 Å². The highest BCUT2D eigenvalue weighted by atomic mass is 16.1. The number of rotatable bonds is 4. The minimum absolute atomic E-state index is 0.206. The van der Waals surface area contributed by atoms with Crippen LogP contribution in [0, 0.1) is 0 Å². The predicted molar refractivity (Wildman–Crippen MR) is 99.4 cm³/mol. The lowest BCUT2D eigenvalue weighted by atomic mass is 10.1. The number of benzene rings is 1.